The molecule has 0 aliphatic carbocycles. The molecule has 4 N–H and O–H groups in total. The Bertz CT molecular complexity index is 1450. The Labute approximate surface area is 204 Å². The summed E-state index contributed by atoms with van der Waals surface area (Å²) in [5, 5.41) is 3.96. The molecule has 0 aliphatic heterocycles. The van der Waals surface area contributed by atoms with Gasteiger partial charge >= 0.3 is 0 Å². The second kappa shape index (κ2) is 10.3. The molecule has 3 aromatic carbocycles. The number of amides is 1. The van der Waals surface area contributed by atoms with Gasteiger partial charge < -0.3 is 11.1 Å². The van der Waals surface area contributed by atoms with Crippen molar-refractivity contribution in [2.24, 2.45) is 0 Å². The third-order valence-corrected chi connectivity index (χ3v) is 6.09. The number of rotatable bonds is 7. The summed E-state index contributed by atoms with van der Waals surface area (Å²) in [4.78, 5) is 22.2. The lowest BCUT2D eigenvalue weighted by atomic mass is 9.96. The monoisotopic (exact) mass is 459 g/mol. The maximum Gasteiger partial charge on any atom is 0.224 e. The van der Waals surface area contributed by atoms with E-state index in [1.54, 1.807) is 6.20 Å². The van der Waals surface area contributed by atoms with Crippen molar-refractivity contribution >= 4 is 16.8 Å². The van der Waals surface area contributed by atoms with Crippen LogP contribution in [-0.2, 0) is 24.3 Å². The van der Waals surface area contributed by atoms with E-state index < -0.39 is 0 Å². The number of carbonyl (C=O) groups is 1. The lowest BCUT2D eigenvalue weighted by Crippen LogP contribution is -2.47. The Balaban J connectivity index is 1.51. The summed E-state index contributed by atoms with van der Waals surface area (Å²) in [5.74, 6) is -0.0339. The summed E-state index contributed by atoms with van der Waals surface area (Å²) in [6.45, 7) is 1.10. The number of benzene rings is 3. The van der Waals surface area contributed by atoms with Gasteiger partial charge in [0.1, 0.15) is 0 Å². The van der Waals surface area contributed by atoms with Crippen LogP contribution in [0.1, 0.15) is 16.8 Å². The highest BCUT2D eigenvalue weighted by Crippen LogP contribution is 2.34. The van der Waals surface area contributed by atoms with E-state index in [-0.39, 0.29) is 5.91 Å². The van der Waals surface area contributed by atoms with Gasteiger partial charge in [-0.1, -0.05) is 84.9 Å². The van der Waals surface area contributed by atoms with Gasteiger partial charge in [0.15, 0.2) is 0 Å². The van der Waals surface area contributed by atoms with Gasteiger partial charge in [-0.3, -0.25) is 9.78 Å². The molecule has 0 radical (unpaired) electrons. The minimum atomic E-state index is -0.0339. The van der Waals surface area contributed by atoms with Crippen molar-refractivity contribution in [1.82, 2.24) is 15.3 Å². The molecule has 0 spiro atoms. The van der Waals surface area contributed by atoms with E-state index in [2.05, 4.69) is 58.5 Å². The van der Waals surface area contributed by atoms with E-state index in [9.17, 15) is 4.79 Å². The predicted molar refractivity (Wildman–Crippen MR) is 139 cm³/mol. The number of pyridine rings is 2. The third-order valence-electron chi connectivity index (χ3n) is 6.09. The number of nitrogens with one attached hydrogen (secondary N) is 1. The molecule has 0 fully saturated rings. The second-order valence-corrected chi connectivity index (χ2v) is 8.46. The summed E-state index contributed by atoms with van der Waals surface area (Å²) in [6.07, 6.45) is 2.10. The SMILES string of the molecule is [NH3+]Cc1ccc(-c2nc3ccnc(CNC(=O)Cc4ccccc4)c3cc2-c2ccccc2)cc1. The van der Waals surface area contributed by atoms with Crippen LogP contribution in [0.4, 0.5) is 0 Å². The van der Waals surface area contributed by atoms with Gasteiger partial charge in [0, 0.05) is 28.3 Å². The lowest BCUT2D eigenvalue weighted by molar-refractivity contribution is -0.386. The maximum atomic E-state index is 12.5. The van der Waals surface area contributed by atoms with E-state index in [1.165, 1.54) is 5.56 Å². The molecule has 2 heterocycles. The molecule has 5 rings (SSSR count). The summed E-state index contributed by atoms with van der Waals surface area (Å²) in [6, 6.07) is 32.5. The maximum absolute atomic E-state index is 12.5. The normalized spacial score (nSPS) is 10.9. The number of fused-ring (bicyclic) bond motifs is 1. The van der Waals surface area contributed by atoms with Crippen LogP contribution < -0.4 is 11.1 Å². The first-order valence-corrected chi connectivity index (χ1v) is 11.7. The molecule has 5 aromatic rings. The summed E-state index contributed by atoms with van der Waals surface area (Å²) < 4.78 is 0. The number of hydrogen-bond donors (Lipinski definition) is 2. The average Bonchev–Trinajstić information content (AvgIpc) is 2.92. The van der Waals surface area contributed by atoms with Crippen LogP contribution in [0.3, 0.4) is 0 Å². The molecule has 1 amide bonds. The van der Waals surface area contributed by atoms with Crippen molar-refractivity contribution in [2.45, 2.75) is 19.5 Å². The van der Waals surface area contributed by atoms with Crippen molar-refractivity contribution < 1.29 is 10.5 Å². The topological polar surface area (TPSA) is 82.5 Å². The fourth-order valence-corrected chi connectivity index (χ4v) is 4.21. The van der Waals surface area contributed by atoms with Crippen LogP contribution in [0.2, 0.25) is 0 Å². The van der Waals surface area contributed by atoms with Gasteiger partial charge in [-0.05, 0) is 23.3 Å². The van der Waals surface area contributed by atoms with E-state index >= 15 is 0 Å². The zero-order valence-corrected chi connectivity index (χ0v) is 19.4. The highest BCUT2D eigenvalue weighted by atomic mass is 16.1. The van der Waals surface area contributed by atoms with Gasteiger partial charge in [0.05, 0.1) is 36.4 Å². The molecular formula is C30H27N4O+. The zero-order valence-electron chi connectivity index (χ0n) is 19.4. The molecule has 5 heteroatoms. The first-order valence-electron chi connectivity index (χ1n) is 11.7. The minimum Gasteiger partial charge on any atom is -0.354 e. The van der Waals surface area contributed by atoms with E-state index in [1.807, 2.05) is 54.6 Å². The van der Waals surface area contributed by atoms with Crippen LogP contribution in [0.25, 0.3) is 33.3 Å². The van der Waals surface area contributed by atoms with Crippen LogP contribution in [0.15, 0.2) is 103 Å². The Morgan fingerprint density at radius 3 is 2.23 bits per heavy atom. The highest BCUT2D eigenvalue weighted by Gasteiger charge is 2.14. The Morgan fingerprint density at radius 1 is 0.800 bits per heavy atom. The van der Waals surface area contributed by atoms with Crippen molar-refractivity contribution in [3.63, 3.8) is 0 Å². The largest absolute Gasteiger partial charge is 0.354 e. The standard InChI is InChI=1S/C30H26N4O/c31-19-22-11-13-24(14-12-22)30-25(23-9-5-2-6-10-23)18-26-27(34-30)15-16-32-28(26)20-33-29(35)17-21-7-3-1-4-8-21/h1-16,18H,17,19-20,31H2,(H,33,35)/p+1. The van der Waals surface area contributed by atoms with Gasteiger partial charge in [0.2, 0.25) is 5.91 Å². The quantitative estimate of drug-likeness (QED) is 0.374. The third kappa shape index (κ3) is 5.10. The van der Waals surface area contributed by atoms with Gasteiger partial charge in [0.25, 0.3) is 0 Å². The highest BCUT2D eigenvalue weighted by molar-refractivity contribution is 5.93. The molecule has 35 heavy (non-hydrogen) atoms. The van der Waals surface area contributed by atoms with Gasteiger partial charge in [-0.2, -0.15) is 0 Å². The molecule has 2 aromatic heterocycles. The van der Waals surface area contributed by atoms with Crippen molar-refractivity contribution in [3.05, 3.63) is 120 Å². The smallest absolute Gasteiger partial charge is 0.224 e. The average molecular weight is 460 g/mol. The van der Waals surface area contributed by atoms with Crippen LogP contribution in [0.5, 0.6) is 0 Å². The molecule has 0 saturated carbocycles. The summed E-state index contributed by atoms with van der Waals surface area (Å²) >= 11 is 0. The fourth-order valence-electron chi connectivity index (χ4n) is 4.21. The summed E-state index contributed by atoms with van der Waals surface area (Å²) in [7, 11) is 0. The first kappa shape index (κ1) is 22.4. The number of carbonyl (C=O) groups excluding carboxylic acids is 1. The molecule has 0 bridgehead atoms. The predicted octanol–water partition coefficient (Wildman–Crippen LogP) is 4.56. The summed E-state index contributed by atoms with van der Waals surface area (Å²) in [5.41, 5.74) is 11.9. The first-order chi connectivity index (χ1) is 17.2. The van der Waals surface area contributed by atoms with E-state index in [0.717, 1.165) is 51.1 Å². The lowest BCUT2D eigenvalue weighted by Gasteiger charge is -2.14. The molecule has 172 valence electrons. The molecule has 0 unspecified atom stereocenters. The van der Waals surface area contributed by atoms with Crippen LogP contribution in [-0.4, -0.2) is 15.9 Å². The molecule has 0 saturated heterocycles. The zero-order chi connectivity index (χ0) is 24.0. The number of nitrogens with zero attached hydrogens (tertiary/aromatic N) is 2. The number of hydrogen-bond acceptors (Lipinski definition) is 3. The van der Waals surface area contributed by atoms with Crippen molar-refractivity contribution in [3.8, 4) is 22.4 Å². The van der Waals surface area contributed by atoms with E-state index in [4.69, 9.17) is 4.98 Å². The van der Waals surface area contributed by atoms with E-state index in [0.29, 0.717) is 13.0 Å². The Morgan fingerprint density at radius 2 is 1.51 bits per heavy atom. The fraction of sp³-hybridized carbons (Fsp3) is 0.100. The molecular weight excluding hydrogens is 432 g/mol. The van der Waals surface area contributed by atoms with Gasteiger partial charge in [-0.15, -0.1) is 0 Å². The van der Waals surface area contributed by atoms with Crippen LogP contribution >= 0.6 is 0 Å². The van der Waals surface area contributed by atoms with Crippen molar-refractivity contribution in [1.29, 1.82) is 0 Å². The molecule has 0 aliphatic rings. The second-order valence-electron chi connectivity index (χ2n) is 8.46. The Kier molecular flexibility index (Phi) is 6.59. The van der Waals surface area contributed by atoms with Gasteiger partial charge in [-0.25, -0.2) is 4.98 Å². The Hall–Kier alpha value is -4.35. The molecule has 0 atom stereocenters. The number of aromatic nitrogens is 2. The van der Waals surface area contributed by atoms with Crippen molar-refractivity contribution in [2.75, 3.05) is 0 Å². The molecule has 5 nitrogen and oxygen atoms in total. The van der Waals surface area contributed by atoms with Crippen LogP contribution in [0, 0.1) is 0 Å². The number of quaternary nitrogens is 1. The minimum absolute atomic E-state index is 0.0339.